The van der Waals surface area contributed by atoms with Crippen LogP contribution in [0.4, 0.5) is 34.1 Å². The fourth-order valence-electron chi connectivity index (χ4n) is 11.4. The van der Waals surface area contributed by atoms with E-state index in [1.165, 1.54) is 43.8 Å². The Bertz CT molecular complexity index is 4160. The number of hydrogen-bond donors (Lipinski definition) is 0. The lowest BCUT2D eigenvalue weighted by Crippen LogP contribution is -2.17. The first-order valence-electron chi connectivity index (χ1n) is 24.4. The van der Waals surface area contributed by atoms with E-state index in [0.717, 1.165) is 84.2 Å². The zero-order valence-electron chi connectivity index (χ0n) is 39.3. The highest BCUT2D eigenvalue weighted by molar-refractivity contribution is 6.15. The van der Waals surface area contributed by atoms with Gasteiger partial charge in [0.2, 0.25) is 0 Å². The van der Waals surface area contributed by atoms with Gasteiger partial charge in [0.1, 0.15) is 17.0 Å². The molecule has 0 aliphatic heterocycles. The Hall–Kier alpha value is -9.19. The van der Waals surface area contributed by atoms with Gasteiger partial charge in [-0.3, -0.25) is 4.57 Å². The summed E-state index contributed by atoms with van der Waals surface area (Å²) in [6.45, 7) is 4.78. The summed E-state index contributed by atoms with van der Waals surface area (Å²) in [5.74, 6) is 0.878. The monoisotopic (exact) mass is 910 g/mol. The van der Waals surface area contributed by atoms with Gasteiger partial charge in [-0.2, -0.15) is 0 Å². The minimum atomic E-state index is -0.382. The van der Waals surface area contributed by atoms with Gasteiger partial charge in [-0.05, 0) is 135 Å². The second-order valence-electron chi connectivity index (χ2n) is 19.2. The van der Waals surface area contributed by atoms with Gasteiger partial charge in [0.05, 0.1) is 16.7 Å². The molecule has 2 heterocycles. The van der Waals surface area contributed by atoms with E-state index in [0.29, 0.717) is 0 Å². The molecule has 5 nitrogen and oxygen atoms in total. The summed E-state index contributed by atoms with van der Waals surface area (Å²) in [5.41, 5.74) is 16.5. The largest absolute Gasteiger partial charge is 0.456 e. The van der Waals surface area contributed by atoms with Gasteiger partial charge >= 0.3 is 0 Å². The Morgan fingerprint density at radius 3 is 1.76 bits per heavy atom. The van der Waals surface area contributed by atoms with E-state index in [4.69, 9.17) is 9.40 Å². The number of hydrogen-bond acceptors (Lipinski definition) is 4. The Morgan fingerprint density at radius 2 is 1.01 bits per heavy atom. The van der Waals surface area contributed by atoms with Crippen molar-refractivity contribution < 1.29 is 4.42 Å². The average molecular weight is 911 g/mol. The van der Waals surface area contributed by atoms with Crippen LogP contribution in [0.5, 0.6) is 0 Å². The van der Waals surface area contributed by atoms with Crippen molar-refractivity contribution in [3.05, 3.63) is 254 Å². The normalized spacial score (nSPS) is 12.8. The molecule has 0 fully saturated rings. The number of para-hydroxylation sites is 4. The second-order valence-corrected chi connectivity index (χ2v) is 19.2. The second kappa shape index (κ2) is 15.9. The fraction of sp³-hybridized carbons (Fsp3) is 0.0455. The number of imidazole rings is 1. The Kier molecular flexibility index (Phi) is 9.17. The van der Waals surface area contributed by atoms with Crippen LogP contribution in [0.25, 0.3) is 82.7 Å². The third-order valence-corrected chi connectivity index (χ3v) is 14.7. The topological polar surface area (TPSA) is 37.4 Å². The van der Waals surface area contributed by atoms with Crippen molar-refractivity contribution in [1.82, 2.24) is 9.55 Å². The highest BCUT2D eigenvalue weighted by Crippen LogP contribution is 2.59. The third kappa shape index (κ3) is 6.43. The van der Waals surface area contributed by atoms with Crippen molar-refractivity contribution in [2.75, 3.05) is 9.80 Å². The molecule has 0 amide bonds. The molecule has 71 heavy (non-hydrogen) atoms. The maximum Gasteiger partial charge on any atom is 0.145 e. The number of benzene rings is 11. The summed E-state index contributed by atoms with van der Waals surface area (Å²) in [6.07, 6.45) is 0. The Balaban J connectivity index is 1.16. The molecule has 0 N–H and O–H groups in total. The van der Waals surface area contributed by atoms with Crippen LogP contribution < -0.4 is 9.80 Å². The van der Waals surface area contributed by atoms with Crippen molar-refractivity contribution >= 4 is 88.6 Å². The number of aromatic nitrogens is 2. The van der Waals surface area contributed by atoms with Crippen LogP contribution in [-0.2, 0) is 5.41 Å². The molecule has 0 spiro atoms. The summed E-state index contributed by atoms with van der Waals surface area (Å²) in [4.78, 5) is 10.6. The minimum absolute atomic E-state index is 0.382. The van der Waals surface area contributed by atoms with E-state index in [1.54, 1.807) is 0 Å². The molecule has 0 saturated heterocycles. The van der Waals surface area contributed by atoms with Crippen molar-refractivity contribution in [3.63, 3.8) is 0 Å². The first-order chi connectivity index (χ1) is 35.0. The van der Waals surface area contributed by atoms with E-state index in [9.17, 15) is 0 Å². The standard InChI is InChI=1S/C66H46N4O/c1-66(2)57-38-45-35-34-43-20-15-16-31-52(43)54(45)41-56(57)62-58(66)42-59-63(70(48-27-13-6-14-28-48)65(67-59)44-21-7-3-8-22-44)64(62)69(51-36-37-61-55(40-51)53-32-17-18-33-60(53)71-61)50-30-19-29-49(39-50)68(46-23-9-4-10-24-46)47-25-11-5-12-26-47/h3-42H,1-2H3. The summed E-state index contributed by atoms with van der Waals surface area (Å²) in [5, 5.41) is 7.06. The number of furan rings is 1. The van der Waals surface area contributed by atoms with E-state index < -0.39 is 0 Å². The molecule has 0 radical (unpaired) electrons. The Labute approximate surface area is 411 Å². The van der Waals surface area contributed by atoms with Crippen LogP contribution in [0.2, 0.25) is 0 Å². The third-order valence-electron chi connectivity index (χ3n) is 14.7. The van der Waals surface area contributed by atoms with Gasteiger partial charge in [-0.25, -0.2) is 4.98 Å². The summed E-state index contributed by atoms with van der Waals surface area (Å²) >= 11 is 0. The lowest BCUT2D eigenvalue weighted by Gasteiger charge is -2.32. The molecule has 11 aromatic carbocycles. The minimum Gasteiger partial charge on any atom is -0.456 e. The van der Waals surface area contributed by atoms with Crippen LogP contribution in [0.3, 0.4) is 0 Å². The maximum absolute atomic E-state index is 6.53. The quantitative estimate of drug-likeness (QED) is 0.142. The Morgan fingerprint density at radius 1 is 0.423 bits per heavy atom. The lowest BCUT2D eigenvalue weighted by atomic mass is 9.81. The van der Waals surface area contributed by atoms with E-state index >= 15 is 0 Å². The zero-order valence-corrected chi connectivity index (χ0v) is 39.3. The predicted molar refractivity (Wildman–Crippen MR) is 296 cm³/mol. The van der Waals surface area contributed by atoms with Gasteiger partial charge in [-0.15, -0.1) is 0 Å². The SMILES string of the molecule is CC1(C)c2cc3ccc4ccccc4c3cc2-c2c1cc1nc(-c3ccccc3)n(-c3ccccc3)c1c2N(c1cccc(N(c2ccccc2)c2ccccc2)c1)c1ccc2oc3ccccc3c2c1. The number of rotatable bonds is 8. The molecule has 336 valence electrons. The first-order valence-corrected chi connectivity index (χ1v) is 24.4. The van der Waals surface area contributed by atoms with Crippen molar-refractivity contribution in [1.29, 1.82) is 0 Å². The molecule has 0 bridgehead atoms. The predicted octanol–water partition coefficient (Wildman–Crippen LogP) is 18.1. The number of anilines is 6. The van der Waals surface area contributed by atoms with Crippen LogP contribution >= 0.6 is 0 Å². The highest BCUT2D eigenvalue weighted by Gasteiger charge is 2.41. The van der Waals surface area contributed by atoms with E-state index in [1.807, 2.05) is 6.07 Å². The number of fused-ring (bicyclic) bond motifs is 10. The first kappa shape index (κ1) is 40.8. The fourth-order valence-corrected chi connectivity index (χ4v) is 11.4. The maximum atomic E-state index is 6.53. The van der Waals surface area contributed by atoms with Gasteiger partial charge in [0, 0.05) is 61.4 Å². The molecule has 0 saturated carbocycles. The van der Waals surface area contributed by atoms with Crippen LogP contribution in [0.1, 0.15) is 25.0 Å². The summed E-state index contributed by atoms with van der Waals surface area (Å²) in [7, 11) is 0. The molecular weight excluding hydrogens is 865 g/mol. The zero-order chi connectivity index (χ0) is 47.2. The molecule has 0 unspecified atom stereocenters. The van der Waals surface area contributed by atoms with Gasteiger partial charge < -0.3 is 14.2 Å². The van der Waals surface area contributed by atoms with Crippen molar-refractivity contribution in [3.8, 4) is 28.2 Å². The molecule has 1 aliphatic rings. The molecule has 0 atom stereocenters. The van der Waals surface area contributed by atoms with Crippen molar-refractivity contribution in [2.45, 2.75) is 19.3 Å². The van der Waals surface area contributed by atoms with Crippen molar-refractivity contribution in [2.24, 2.45) is 0 Å². The van der Waals surface area contributed by atoms with Crippen LogP contribution in [-0.4, -0.2) is 9.55 Å². The highest BCUT2D eigenvalue weighted by atomic mass is 16.3. The molecule has 2 aromatic heterocycles. The van der Waals surface area contributed by atoms with Gasteiger partial charge in [-0.1, -0.05) is 159 Å². The molecule has 1 aliphatic carbocycles. The average Bonchev–Trinajstić information content (AvgIpc) is 4.07. The molecule has 14 rings (SSSR count). The lowest BCUT2D eigenvalue weighted by molar-refractivity contribution is 0.662. The summed E-state index contributed by atoms with van der Waals surface area (Å²) in [6, 6.07) is 87.4. The smallest absolute Gasteiger partial charge is 0.145 e. The van der Waals surface area contributed by atoms with Gasteiger partial charge in [0.25, 0.3) is 0 Å². The summed E-state index contributed by atoms with van der Waals surface area (Å²) < 4.78 is 8.92. The molecule has 5 heteroatoms. The molecular formula is C66H46N4O. The van der Waals surface area contributed by atoms with E-state index in [-0.39, 0.29) is 5.41 Å². The van der Waals surface area contributed by atoms with Gasteiger partial charge in [0.15, 0.2) is 0 Å². The van der Waals surface area contributed by atoms with Crippen LogP contribution in [0.15, 0.2) is 247 Å². The van der Waals surface area contributed by atoms with E-state index in [2.05, 4.69) is 265 Å². The number of nitrogens with zero attached hydrogens (tertiary/aromatic N) is 4. The molecule has 13 aromatic rings. The van der Waals surface area contributed by atoms with Crippen LogP contribution in [0, 0.1) is 0 Å².